The van der Waals surface area contributed by atoms with Gasteiger partial charge in [-0.15, -0.1) is 0 Å². The molecule has 0 unspecified atom stereocenters. The Labute approximate surface area is 82.3 Å². The minimum absolute atomic E-state index is 0.829. The molecule has 0 radical (unpaired) electrons. The van der Waals surface area contributed by atoms with Crippen molar-refractivity contribution in [1.82, 2.24) is 0 Å². The zero-order valence-electron chi connectivity index (χ0n) is 5.27. The van der Waals surface area contributed by atoms with Crippen LogP contribution >= 0.6 is 38.5 Å². The number of benzene rings is 1. The second-order valence-electron chi connectivity index (χ2n) is 1.98. The molecule has 3 heteroatoms. The summed E-state index contributed by atoms with van der Waals surface area (Å²) < 4.78 is 1.25. The van der Waals surface area contributed by atoms with Gasteiger partial charge in [0, 0.05) is 14.6 Å². The third kappa shape index (κ3) is 1.85. The zero-order valence-corrected chi connectivity index (χ0v) is 9.02. The van der Waals surface area contributed by atoms with Crippen LogP contribution in [0.5, 0.6) is 0 Å². The number of halogens is 2. The molecule has 0 aromatic heterocycles. The highest BCUT2D eigenvalue weighted by Crippen LogP contribution is 2.17. The van der Waals surface area contributed by atoms with Crippen LogP contribution in [0.3, 0.4) is 0 Å². The van der Waals surface area contributed by atoms with Crippen LogP contribution in [0.4, 0.5) is 5.69 Å². The average molecular weight is 312 g/mol. The van der Waals surface area contributed by atoms with E-state index in [-0.39, 0.29) is 0 Å². The number of hydrogen-bond donors (Lipinski definition) is 1. The summed E-state index contributed by atoms with van der Waals surface area (Å²) in [5.41, 5.74) is 7.66. The van der Waals surface area contributed by atoms with Gasteiger partial charge in [-0.25, -0.2) is 0 Å². The zero-order chi connectivity index (χ0) is 7.56. The van der Waals surface area contributed by atoms with E-state index in [4.69, 9.17) is 5.73 Å². The molecule has 54 valence electrons. The van der Waals surface area contributed by atoms with Gasteiger partial charge in [0.05, 0.1) is 0 Å². The average Bonchev–Trinajstić information content (AvgIpc) is 1.94. The molecular weight excluding hydrogens is 305 g/mol. The molecule has 0 heterocycles. The number of alkyl halides is 1. The van der Waals surface area contributed by atoms with E-state index in [1.54, 1.807) is 0 Å². The molecule has 1 aromatic rings. The van der Waals surface area contributed by atoms with Gasteiger partial charge in [0.2, 0.25) is 0 Å². The molecule has 0 aliphatic carbocycles. The van der Waals surface area contributed by atoms with Gasteiger partial charge in [-0.05, 0) is 46.4 Å². The quantitative estimate of drug-likeness (QED) is 0.482. The van der Waals surface area contributed by atoms with Gasteiger partial charge in [-0.2, -0.15) is 0 Å². The highest BCUT2D eigenvalue weighted by atomic mass is 127. The number of rotatable bonds is 1. The summed E-state index contributed by atoms with van der Waals surface area (Å²) in [4.78, 5) is 0. The molecule has 2 N–H and O–H groups in total. The van der Waals surface area contributed by atoms with Crippen LogP contribution < -0.4 is 5.73 Å². The van der Waals surface area contributed by atoms with Crippen molar-refractivity contribution in [1.29, 1.82) is 0 Å². The summed E-state index contributed by atoms with van der Waals surface area (Å²) in [6, 6.07) is 5.91. The van der Waals surface area contributed by atoms with E-state index in [0.29, 0.717) is 0 Å². The van der Waals surface area contributed by atoms with Crippen molar-refractivity contribution in [2.24, 2.45) is 0 Å². The number of hydrogen-bond acceptors (Lipinski definition) is 1. The Balaban J connectivity index is 3.09. The Bertz CT molecular complexity index is 237. The highest BCUT2D eigenvalue weighted by molar-refractivity contribution is 14.1. The maximum Gasteiger partial charge on any atom is 0.0317 e. The number of anilines is 1. The van der Waals surface area contributed by atoms with Crippen molar-refractivity contribution in [2.45, 2.75) is 5.33 Å². The molecule has 0 atom stereocenters. The standard InChI is InChI=1S/C7H7BrIN/c8-4-5-3-6(10)1-2-7(5)9/h1-3H,4,10H2. The van der Waals surface area contributed by atoms with E-state index >= 15 is 0 Å². The summed E-state index contributed by atoms with van der Waals surface area (Å²) in [7, 11) is 0. The molecule has 1 rings (SSSR count). The van der Waals surface area contributed by atoms with E-state index in [0.717, 1.165) is 11.0 Å². The van der Waals surface area contributed by atoms with E-state index < -0.39 is 0 Å². The minimum Gasteiger partial charge on any atom is -0.399 e. The number of nitrogens with two attached hydrogens (primary N) is 1. The van der Waals surface area contributed by atoms with Crippen LogP contribution in [0.2, 0.25) is 0 Å². The molecule has 1 nitrogen and oxygen atoms in total. The monoisotopic (exact) mass is 311 g/mol. The van der Waals surface area contributed by atoms with E-state index in [1.807, 2.05) is 18.2 Å². The molecular formula is C7H7BrIN. The fraction of sp³-hybridized carbons (Fsp3) is 0.143. The first-order valence-electron chi connectivity index (χ1n) is 2.84. The SMILES string of the molecule is Nc1ccc(I)c(CBr)c1. The molecule has 0 fully saturated rings. The Hall–Kier alpha value is 0.230. The molecule has 0 aliphatic rings. The second-order valence-corrected chi connectivity index (χ2v) is 3.71. The van der Waals surface area contributed by atoms with Gasteiger partial charge in [0.25, 0.3) is 0 Å². The summed E-state index contributed by atoms with van der Waals surface area (Å²) in [5.74, 6) is 0. The first kappa shape index (κ1) is 8.33. The van der Waals surface area contributed by atoms with Crippen LogP contribution in [0.25, 0.3) is 0 Å². The molecule has 0 spiro atoms. The lowest BCUT2D eigenvalue weighted by molar-refractivity contribution is 1.40. The summed E-state index contributed by atoms with van der Waals surface area (Å²) in [6.07, 6.45) is 0. The normalized spacial score (nSPS) is 9.80. The molecule has 1 aromatic carbocycles. The third-order valence-electron chi connectivity index (χ3n) is 1.21. The maximum absolute atomic E-state index is 5.58. The Morgan fingerprint density at radius 2 is 2.20 bits per heavy atom. The Morgan fingerprint density at radius 1 is 1.50 bits per heavy atom. The van der Waals surface area contributed by atoms with Gasteiger partial charge in [0.1, 0.15) is 0 Å². The second kappa shape index (κ2) is 3.57. The predicted octanol–water partition coefficient (Wildman–Crippen LogP) is 2.77. The van der Waals surface area contributed by atoms with Crippen LogP contribution in [0, 0.1) is 3.57 Å². The molecule has 0 aliphatic heterocycles. The molecule has 0 saturated heterocycles. The van der Waals surface area contributed by atoms with Crippen molar-refractivity contribution in [2.75, 3.05) is 5.73 Å². The lowest BCUT2D eigenvalue weighted by atomic mass is 10.2. The van der Waals surface area contributed by atoms with Gasteiger partial charge in [0.15, 0.2) is 0 Å². The summed E-state index contributed by atoms with van der Waals surface area (Å²) in [6.45, 7) is 0. The van der Waals surface area contributed by atoms with Gasteiger partial charge in [-0.1, -0.05) is 15.9 Å². The Morgan fingerprint density at radius 3 is 2.70 bits per heavy atom. The maximum atomic E-state index is 5.58. The highest BCUT2D eigenvalue weighted by Gasteiger charge is 1.96. The van der Waals surface area contributed by atoms with E-state index in [9.17, 15) is 0 Å². The van der Waals surface area contributed by atoms with E-state index in [2.05, 4.69) is 38.5 Å². The lowest BCUT2D eigenvalue weighted by Gasteiger charge is -1.99. The fourth-order valence-electron chi connectivity index (χ4n) is 0.697. The molecule has 0 saturated carbocycles. The lowest BCUT2D eigenvalue weighted by Crippen LogP contribution is -1.88. The first-order chi connectivity index (χ1) is 4.74. The topological polar surface area (TPSA) is 26.0 Å². The van der Waals surface area contributed by atoms with Gasteiger partial charge >= 0.3 is 0 Å². The van der Waals surface area contributed by atoms with Crippen LogP contribution in [0.1, 0.15) is 5.56 Å². The van der Waals surface area contributed by atoms with Gasteiger partial charge < -0.3 is 5.73 Å². The van der Waals surface area contributed by atoms with Crippen molar-refractivity contribution < 1.29 is 0 Å². The fourth-order valence-corrected chi connectivity index (χ4v) is 2.21. The minimum atomic E-state index is 0.829. The van der Waals surface area contributed by atoms with Crippen molar-refractivity contribution >= 4 is 44.2 Å². The third-order valence-corrected chi connectivity index (χ3v) is 2.87. The van der Waals surface area contributed by atoms with Crippen molar-refractivity contribution in [3.63, 3.8) is 0 Å². The van der Waals surface area contributed by atoms with Crippen molar-refractivity contribution in [3.05, 3.63) is 27.3 Å². The number of nitrogen functional groups attached to an aromatic ring is 1. The molecule has 0 amide bonds. The Kier molecular flexibility index (Phi) is 2.97. The van der Waals surface area contributed by atoms with Gasteiger partial charge in [-0.3, -0.25) is 0 Å². The molecule has 10 heavy (non-hydrogen) atoms. The summed E-state index contributed by atoms with van der Waals surface area (Å²) >= 11 is 5.67. The largest absolute Gasteiger partial charge is 0.399 e. The predicted molar refractivity (Wildman–Crippen MR) is 56.2 cm³/mol. The van der Waals surface area contributed by atoms with Crippen LogP contribution in [-0.2, 0) is 5.33 Å². The van der Waals surface area contributed by atoms with Crippen molar-refractivity contribution in [3.8, 4) is 0 Å². The smallest absolute Gasteiger partial charge is 0.0317 e. The van der Waals surface area contributed by atoms with Crippen LogP contribution in [0.15, 0.2) is 18.2 Å². The summed E-state index contributed by atoms with van der Waals surface area (Å²) in [5, 5.41) is 0.871. The van der Waals surface area contributed by atoms with E-state index in [1.165, 1.54) is 9.13 Å². The first-order valence-corrected chi connectivity index (χ1v) is 5.04. The van der Waals surface area contributed by atoms with Crippen LogP contribution in [-0.4, -0.2) is 0 Å². The molecule has 0 bridgehead atoms.